The molecule has 0 spiro atoms. The Morgan fingerprint density at radius 1 is 1.35 bits per heavy atom. The van der Waals surface area contributed by atoms with E-state index in [1.54, 1.807) is 0 Å². The number of hydrogen-bond acceptors (Lipinski definition) is 1. The minimum absolute atomic E-state index is 0.615. The molecule has 0 bridgehead atoms. The average Bonchev–Trinajstić information content (AvgIpc) is 2.27. The summed E-state index contributed by atoms with van der Waals surface area (Å²) in [7, 11) is 0. The van der Waals surface area contributed by atoms with Crippen molar-refractivity contribution < 1.29 is 0 Å². The molecule has 0 saturated heterocycles. The van der Waals surface area contributed by atoms with Gasteiger partial charge < -0.3 is 5.32 Å². The van der Waals surface area contributed by atoms with Crippen LogP contribution in [0.2, 0.25) is 0 Å². The first-order chi connectivity index (χ1) is 8.15. The molecule has 1 aliphatic rings. The van der Waals surface area contributed by atoms with Crippen LogP contribution in [-0.2, 0) is 6.54 Å². The third kappa shape index (κ3) is 3.11. The molecule has 1 nitrogen and oxygen atoms in total. The fourth-order valence-electron chi connectivity index (χ4n) is 2.62. The molecule has 0 unspecified atom stereocenters. The van der Waals surface area contributed by atoms with Crippen LogP contribution in [0.3, 0.4) is 0 Å². The first kappa shape index (κ1) is 13.1. The number of rotatable bonds is 5. The lowest BCUT2D eigenvalue weighted by Gasteiger charge is -2.41. The second-order valence-corrected chi connectivity index (χ2v) is 6.25. The zero-order chi connectivity index (χ0) is 12.3. The van der Waals surface area contributed by atoms with Crippen LogP contribution in [-0.4, -0.2) is 6.54 Å². The summed E-state index contributed by atoms with van der Waals surface area (Å²) in [5, 5.41) is 3.63. The maximum Gasteiger partial charge on any atom is 0.0205 e. The normalized spacial score (nSPS) is 17.8. The molecule has 0 heterocycles. The third-order valence-corrected chi connectivity index (χ3v) is 5.11. The third-order valence-electron chi connectivity index (χ3n) is 4.22. The fraction of sp³-hybridized carbons (Fsp3) is 0.600. The Morgan fingerprint density at radius 3 is 2.65 bits per heavy atom. The topological polar surface area (TPSA) is 12.0 Å². The van der Waals surface area contributed by atoms with Crippen molar-refractivity contribution in [3.8, 4) is 0 Å². The smallest absolute Gasteiger partial charge is 0.0205 e. The molecule has 2 rings (SSSR count). The molecule has 1 saturated carbocycles. The zero-order valence-corrected chi connectivity index (χ0v) is 12.4. The van der Waals surface area contributed by atoms with E-state index < -0.39 is 0 Å². The Kier molecular flexibility index (Phi) is 4.26. The van der Waals surface area contributed by atoms with Gasteiger partial charge in [-0.2, -0.15) is 0 Å². The Balaban J connectivity index is 1.83. The summed E-state index contributed by atoms with van der Waals surface area (Å²) in [5.74, 6) is 0. The summed E-state index contributed by atoms with van der Waals surface area (Å²) in [6.07, 6.45) is 5.57. The molecule has 0 amide bonds. The summed E-state index contributed by atoms with van der Waals surface area (Å²) in [6, 6.07) is 6.60. The molecule has 0 atom stereocenters. The van der Waals surface area contributed by atoms with Gasteiger partial charge in [-0.3, -0.25) is 0 Å². The number of aryl methyl sites for hydroxylation is 1. The predicted molar refractivity (Wildman–Crippen MR) is 77.2 cm³/mol. The lowest BCUT2D eigenvalue weighted by atomic mass is 9.67. The summed E-state index contributed by atoms with van der Waals surface area (Å²) in [5.41, 5.74) is 3.32. The minimum Gasteiger partial charge on any atom is -0.312 e. The van der Waals surface area contributed by atoms with Gasteiger partial charge in [-0.15, -0.1) is 0 Å². The van der Waals surface area contributed by atoms with Gasteiger partial charge in [0.05, 0.1) is 0 Å². The van der Waals surface area contributed by atoms with E-state index in [2.05, 4.69) is 53.3 Å². The van der Waals surface area contributed by atoms with Gasteiger partial charge in [0.1, 0.15) is 0 Å². The van der Waals surface area contributed by atoms with Gasteiger partial charge in [-0.05, 0) is 48.8 Å². The molecule has 1 N–H and O–H groups in total. The Hall–Kier alpha value is -0.340. The molecule has 0 aromatic heterocycles. The van der Waals surface area contributed by atoms with Crippen LogP contribution in [0.25, 0.3) is 0 Å². The van der Waals surface area contributed by atoms with Crippen LogP contribution in [0.5, 0.6) is 0 Å². The lowest BCUT2D eigenvalue weighted by Crippen LogP contribution is -2.39. The van der Waals surface area contributed by atoms with Crippen LogP contribution >= 0.6 is 15.9 Å². The first-order valence-electron chi connectivity index (χ1n) is 6.61. The number of benzene rings is 1. The number of hydrogen-bond donors (Lipinski definition) is 1. The van der Waals surface area contributed by atoms with Crippen LogP contribution in [0.15, 0.2) is 22.7 Å². The Labute approximate surface area is 113 Å². The van der Waals surface area contributed by atoms with Crippen molar-refractivity contribution in [2.24, 2.45) is 5.41 Å². The molecule has 1 fully saturated rings. The van der Waals surface area contributed by atoms with Crippen LogP contribution in [0.1, 0.15) is 43.7 Å². The second kappa shape index (κ2) is 5.53. The molecule has 0 aliphatic heterocycles. The van der Waals surface area contributed by atoms with Gasteiger partial charge in [0, 0.05) is 17.6 Å². The predicted octanol–water partition coefficient (Wildman–Crippen LogP) is 4.43. The minimum atomic E-state index is 0.615. The highest BCUT2D eigenvalue weighted by Crippen LogP contribution is 2.43. The van der Waals surface area contributed by atoms with E-state index in [1.807, 2.05) is 0 Å². The summed E-state index contributed by atoms with van der Waals surface area (Å²) in [4.78, 5) is 0. The highest BCUT2D eigenvalue weighted by Gasteiger charge is 2.34. The van der Waals surface area contributed by atoms with Gasteiger partial charge in [-0.25, -0.2) is 0 Å². The van der Waals surface area contributed by atoms with Crippen molar-refractivity contribution in [2.45, 2.75) is 46.1 Å². The SMILES string of the molecule is CCC1(CNCc2ccc(Br)c(C)c2)CCC1. The van der Waals surface area contributed by atoms with E-state index in [0.717, 1.165) is 6.54 Å². The van der Waals surface area contributed by atoms with Crippen molar-refractivity contribution in [1.82, 2.24) is 5.32 Å². The molecule has 94 valence electrons. The van der Waals surface area contributed by atoms with Gasteiger partial charge in [0.2, 0.25) is 0 Å². The molecule has 0 radical (unpaired) electrons. The van der Waals surface area contributed by atoms with E-state index in [9.17, 15) is 0 Å². The number of nitrogens with one attached hydrogen (secondary N) is 1. The number of halogens is 1. The van der Waals surface area contributed by atoms with Crippen molar-refractivity contribution in [3.05, 3.63) is 33.8 Å². The standard InChI is InChI=1S/C15H22BrN/c1-3-15(7-4-8-15)11-17-10-13-5-6-14(16)12(2)9-13/h5-6,9,17H,3-4,7-8,10-11H2,1-2H3. The lowest BCUT2D eigenvalue weighted by molar-refractivity contribution is 0.124. The van der Waals surface area contributed by atoms with E-state index in [1.165, 1.54) is 47.8 Å². The van der Waals surface area contributed by atoms with E-state index in [0.29, 0.717) is 5.41 Å². The molecular formula is C15H22BrN. The van der Waals surface area contributed by atoms with E-state index >= 15 is 0 Å². The molecule has 2 heteroatoms. The maximum atomic E-state index is 3.63. The molecular weight excluding hydrogens is 274 g/mol. The maximum absolute atomic E-state index is 3.63. The molecule has 1 aliphatic carbocycles. The van der Waals surface area contributed by atoms with E-state index in [4.69, 9.17) is 0 Å². The molecule has 1 aromatic carbocycles. The zero-order valence-electron chi connectivity index (χ0n) is 10.9. The van der Waals surface area contributed by atoms with Gasteiger partial charge in [0.25, 0.3) is 0 Å². The summed E-state index contributed by atoms with van der Waals surface area (Å²) < 4.78 is 1.20. The van der Waals surface area contributed by atoms with Gasteiger partial charge in [-0.1, -0.05) is 41.4 Å². The highest BCUT2D eigenvalue weighted by molar-refractivity contribution is 9.10. The van der Waals surface area contributed by atoms with Crippen molar-refractivity contribution in [1.29, 1.82) is 0 Å². The van der Waals surface area contributed by atoms with Crippen molar-refractivity contribution in [3.63, 3.8) is 0 Å². The highest BCUT2D eigenvalue weighted by atomic mass is 79.9. The Bertz CT molecular complexity index is 377. The van der Waals surface area contributed by atoms with Crippen molar-refractivity contribution >= 4 is 15.9 Å². The average molecular weight is 296 g/mol. The summed E-state index contributed by atoms with van der Waals surface area (Å²) in [6.45, 7) is 6.64. The van der Waals surface area contributed by atoms with Gasteiger partial charge in [0.15, 0.2) is 0 Å². The fourth-order valence-corrected chi connectivity index (χ4v) is 2.87. The largest absolute Gasteiger partial charge is 0.312 e. The molecule has 1 aromatic rings. The Morgan fingerprint density at radius 2 is 2.12 bits per heavy atom. The van der Waals surface area contributed by atoms with Gasteiger partial charge >= 0.3 is 0 Å². The quantitative estimate of drug-likeness (QED) is 0.847. The van der Waals surface area contributed by atoms with Crippen LogP contribution in [0.4, 0.5) is 0 Å². The first-order valence-corrected chi connectivity index (χ1v) is 7.40. The van der Waals surface area contributed by atoms with Crippen molar-refractivity contribution in [2.75, 3.05) is 6.54 Å². The molecule has 17 heavy (non-hydrogen) atoms. The second-order valence-electron chi connectivity index (χ2n) is 5.39. The monoisotopic (exact) mass is 295 g/mol. The van der Waals surface area contributed by atoms with Crippen LogP contribution in [0, 0.1) is 12.3 Å². The van der Waals surface area contributed by atoms with E-state index in [-0.39, 0.29) is 0 Å². The summed E-state index contributed by atoms with van der Waals surface area (Å²) >= 11 is 3.54. The van der Waals surface area contributed by atoms with Crippen LogP contribution < -0.4 is 5.32 Å².